The first-order chi connectivity index (χ1) is 19.1. The van der Waals surface area contributed by atoms with Crippen LogP contribution >= 0.6 is 11.3 Å². The van der Waals surface area contributed by atoms with Crippen LogP contribution in [0.3, 0.4) is 0 Å². The van der Waals surface area contributed by atoms with Crippen LogP contribution in [0.2, 0.25) is 0 Å². The van der Waals surface area contributed by atoms with Crippen LogP contribution in [0.1, 0.15) is 48.7 Å². The Bertz CT molecular complexity index is 1500. The van der Waals surface area contributed by atoms with Gasteiger partial charge in [-0.15, -0.1) is 11.3 Å². The molecule has 1 amide bonds. The number of fused-ring (bicyclic) bond motifs is 1. The molecule has 0 radical (unpaired) electrons. The summed E-state index contributed by atoms with van der Waals surface area (Å²) in [5.74, 6) is -1.73. The van der Waals surface area contributed by atoms with Crippen LogP contribution in [-0.4, -0.2) is 73.2 Å². The summed E-state index contributed by atoms with van der Waals surface area (Å²) in [6.45, 7) is 3.11. The topological polar surface area (TPSA) is 149 Å². The van der Waals surface area contributed by atoms with Gasteiger partial charge in [-0.1, -0.05) is 18.2 Å². The van der Waals surface area contributed by atoms with E-state index in [1.165, 1.54) is 39.5 Å². The molecule has 1 saturated heterocycles. The van der Waals surface area contributed by atoms with Crippen molar-refractivity contribution >= 4 is 38.4 Å². The van der Waals surface area contributed by atoms with E-state index in [4.69, 9.17) is 18.6 Å². The van der Waals surface area contributed by atoms with Crippen LogP contribution in [0.25, 0.3) is 10.8 Å². The van der Waals surface area contributed by atoms with Crippen molar-refractivity contribution in [2.75, 3.05) is 31.2 Å². The lowest BCUT2D eigenvalue weighted by Gasteiger charge is -2.42. The Morgan fingerprint density at radius 1 is 1.27 bits per heavy atom. The molecule has 2 aromatic heterocycles. The van der Waals surface area contributed by atoms with Gasteiger partial charge in [0.15, 0.2) is 5.54 Å². The van der Waals surface area contributed by atoms with E-state index in [-0.39, 0.29) is 29.1 Å². The van der Waals surface area contributed by atoms with Crippen LogP contribution in [-0.2, 0) is 24.5 Å². The number of benzene rings is 1. The van der Waals surface area contributed by atoms with E-state index in [0.717, 1.165) is 15.6 Å². The molecule has 40 heavy (non-hydrogen) atoms. The van der Waals surface area contributed by atoms with Gasteiger partial charge < -0.3 is 23.7 Å². The van der Waals surface area contributed by atoms with E-state index >= 15 is 0 Å². The van der Waals surface area contributed by atoms with Crippen molar-refractivity contribution in [1.29, 1.82) is 0 Å². The van der Waals surface area contributed by atoms with Crippen molar-refractivity contribution in [3.8, 4) is 16.5 Å². The Morgan fingerprint density at radius 2 is 2.00 bits per heavy atom. The average Bonchev–Trinajstić information content (AvgIpc) is 3.61. The highest BCUT2D eigenvalue weighted by molar-refractivity contribution is 7.91. The molecule has 214 valence electrons. The molecule has 1 aromatic carbocycles. The van der Waals surface area contributed by atoms with E-state index in [1.54, 1.807) is 24.3 Å². The highest BCUT2D eigenvalue weighted by Gasteiger charge is 2.53. The molecule has 1 atom stereocenters. The summed E-state index contributed by atoms with van der Waals surface area (Å²) in [6.07, 6.45) is 3.00. The smallest absolute Gasteiger partial charge is 0.330 e. The summed E-state index contributed by atoms with van der Waals surface area (Å²) in [7, 11) is -3.19. The number of ether oxygens (including phenoxy) is 3. The number of carbonyl (C=O) groups excluding carboxylic acids is 1. The number of amides is 1. The number of aliphatic carboxylic acids is 1. The number of nitrogens with zero attached hydrogens (tertiary/aromatic N) is 3. The fourth-order valence-electron chi connectivity index (χ4n) is 4.74. The second-order valence-electron chi connectivity index (χ2n) is 9.82. The fraction of sp³-hybridized carbons (Fsp3) is 0.423. The minimum absolute atomic E-state index is 0.0205. The van der Waals surface area contributed by atoms with Crippen LogP contribution in [0.5, 0.6) is 5.75 Å². The molecule has 0 unspecified atom stereocenters. The van der Waals surface area contributed by atoms with Gasteiger partial charge in [0.25, 0.3) is 5.91 Å². The number of aromatic nitrogens is 1. The van der Waals surface area contributed by atoms with E-state index in [0.29, 0.717) is 46.6 Å². The van der Waals surface area contributed by atoms with Gasteiger partial charge in [0.05, 0.1) is 36.4 Å². The first kappa shape index (κ1) is 28.1. The highest BCUT2D eigenvalue weighted by Crippen LogP contribution is 2.46. The van der Waals surface area contributed by atoms with Gasteiger partial charge >= 0.3 is 16.2 Å². The third kappa shape index (κ3) is 4.96. The summed E-state index contributed by atoms with van der Waals surface area (Å²) in [6, 6.07) is 8.60. The largest absolute Gasteiger partial charge is 0.496 e. The molecule has 14 heteroatoms. The molecule has 0 spiro atoms. The SMILES string of the molecule is COc1ccccc1[C@H](CN1c2sc(-c3ncco3)cc2C(=O)N(C(C)(C)C(=O)O)S1(=O)=O)OC1CCOCC1. The van der Waals surface area contributed by atoms with E-state index < -0.39 is 33.7 Å². The Labute approximate surface area is 235 Å². The van der Waals surface area contributed by atoms with Crippen molar-refractivity contribution in [3.63, 3.8) is 0 Å². The maximum Gasteiger partial charge on any atom is 0.330 e. The molecule has 3 aromatic rings. The van der Waals surface area contributed by atoms with Crippen molar-refractivity contribution in [2.24, 2.45) is 0 Å². The zero-order valence-corrected chi connectivity index (χ0v) is 23.7. The summed E-state index contributed by atoms with van der Waals surface area (Å²) in [5, 5.41) is 10.0. The number of carboxylic acids is 1. The first-order valence-electron chi connectivity index (χ1n) is 12.6. The van der Waals surface area contributed by atoms with E-state index in [1.807, 2.05) is 0 Å². The van der Waals surface area contributed by atoms with Crippen LogP contribution in [0.15, 0.2) is 47.2 Å². The predicted molar refractivity (Wildman–Crippen MR) is 145 cm³/mol. The fourth-order valence-corrected chi connectivity index (χ4v) is 7.93. The van der Waals surface area contributed by atoms with Gasteiger partial charge in [-0.2, -0.15) is 8.42 Å². The summed E-state index contributed by atoms with van der Waals surface area (Å²) < 4.78 is 52.7. The number of hydrogen-bond acceptors (Lipinski definition) is 10. The van der Waals surface area contributed by atoms with Gasteiger partial charge in [0, 0.05) is 18.8 Å². The lowest BCUT2D eigenvalue weighted by molar-refractivity contribution is -0.145. The molecule has 1 N–H and O–H groups in total. The average molecular weight is 592 g/mol. The molecule has 2 aliphatic heterocycles. The van der Waals surface area contributed by atoms with Gasteiger partial charge in [0.2, 0.25) is 5.89 Å². The highest BCUT2D eigenvalue weighted by atomic mass is 32.2. The molecule has 1 fully saturated rings. The summed E-state index contributed by atoms with van der Waals surface area (Å²) in [5.41, 5.74) is -1.45. The quantitative estimate of drug-likeness (QED) is 0.390. The Morgan fingerprint density at radius 3 is 2.65 bits per heavy atom. The zero-order valence-electron chi connectivity index (χ0n) is 22.1. The molecule has 0 aliphatic carbocycles. The lowest BCUT2D eigenvalue weighted by Crippen LogP contribution is -2.62. The zero-order chi connectivity index (χ0) is 28.7. The Kier molecular flexibility index (Phi) is 7.61. The number of hydrogen-bond donors (Lipinski definition) is 1. The van der Waals surface area contributed by atoms with Crippen molar-refractivity contribution in [2.45, 2.75) is 44.4 Å². The van der Waals surface area contributed by atoms with E-state index in [2.05, 4.69) is 4.98 Å². The lowest BCUT2D eigenvalue weighted by atomic mass is 10.0. The van der Waals surface area contributed by atoms with Crippen molar-refractivity contribution in [3.05, 3.63) is 53.9 Å². The third-order valence-corrected chi connectivity index (χ3v) is 10.1. The number of methoxy groups -OCH3 is 1. The summed E-state index contributed by atoms with van der Waals surface area (Å²) in [4.78, 5) is 30.4. The van der Waals surface area contributed by atoms with Gasteiger partial charge in [-0.25, -0.2) is 18.4 Å². The molecular weight excluding hydrogens is 562 g/mol. The molecule has 4 heterocycles. The minimum Gasteiger partial charge on any atom is -0.496 e. The molecule has 5 rings (SSSR count). The second kappa shape index (κ2) is 10.8. The van der Waals surface area contributed by atoms with Crippen molar-refractivity contribution < 1.29 is 41.7 Å². The number of thiophene rings is 1. The van der Waals surface area contributed by atoms with Crippen molar-refractivity contribution in [1.82, 2.24) is 9.29 Å². The Balaban J connectivity index is 1.65. The first-order valence-corrected chi connectivity index (χ1v) is 14.8. The number of carboxylic acid groups (broad SMARTS) is 1. The van der Waals surface area contributed by atoms with Gasteiger partial charge in [-0.3, -0.25) is 4.79 Å². The number of carbonyl (C=O) groups is 2. The third-order valence-electron chi connectivity index (χ3n) is 6.88. The molecular formula is C26H29N3O9S2. The number of rotatable bonds is 9. The minimum atomic E-state index is -4.70. The number of para-hydroxylation sites is 1. The van der Waals surface area contributed by atoms with Crippen LogP contribution in [0.4, 0.5) is 5.00 Å². The number of anilines is 1. The predicted octanol–water partition coefficient (Wildman–Crippen LogP) is 3.72. The number of oxazole rings is 1. The standard InChI is InChI=1S/C26H29N3O9S2/c1-26(2,25(31)32)29-23(30)18-14-21(22-27-10-13-37-22)39-24(18)28(40(29,33)34)15-20(38-16-8-11-36-12-9-16)17-6-4-5-7-19(17)35-3/h4-7,10,13-14,16,20H,8-9,11-12,15H2,1-3H3,(H,31,32)/t20-/m0/s1. The molecule has 2 aliphatic rings. The molecule has 0 bridgehead atoms. The maximum atomic E-state index is 14.2. The maximum absolute atomic E-state index is 14.2. The molecule has 12 nitrogen and oxygen atoms in total. The van der Waals surface area contributed by atoms with Gasteiger partial charge in [-0.05, 0) is 38.8 Å². The monoisotopic (exact) mass is 591 g/mol. The normalized spacial score (nSPS) is 18.4. The summed E-state index contributed by atoms with van der Waals surface area (Å²) >= 11 is 1.01. The van der Waals surface area contributed by atoms with Gasteiger partial charge in [0.1, 0.15) is 23.1 Å². The van der Waals surface area contributed by atoms with Crippen LogP contribution < -0.4 is 9.04 Å². The van der Waals surface area contributed by atoms with E-state index in [9.17, 15) is 23.1 Å². The molecule has 0 saturated carbocycles. The van der Waals surface area contributed by atoms with Crippen LogP contribution in [0, 0.1) is 0 Å². The second-order valence-corrected chi connectivity index (χ2v) is 12.5. The Hall–Kier alpha value is -3.46.